The van der Waals surface area contributed by atoms with Crippen molar-refractivity contribution in [3.63, 3.8) is 0 Å². The molecular formula is C18H30N4O4. The highest BCUT2D eigenvalue weighted by molar-refractivity contribution is 5.82. The molecule has 8 nitrogen and oxygen atoms in total. The SMILES string of the molecule is CC(C)NC(=O)N1CCN(C(=O)C2CCOCC2)C[C@]2(CNC(=O)C2)C1. The van der Waals surface area contributed by atoms with E-state index < -0.39 is 5.41 Å². The molecule has 146 valence electrons. The van der Waals surface area contributed by atoms with Gasteiger partial charge in [-0.2, -0.15) is 0 Å². The van der Waals surface area contributed by atoms with E-state index in [2.05, 4.69) is 10.6 Å². The van der Waals surface area contributed by atoms with Gasteiger partial charge < -0.3 is 25.2 Å². The molecule has 0 aromatic heterocycles. The molecule has 3 saturated heterocycles. The average Bonchev–Trinajstić information content (AvgIpc) is 2.86. The summed E-state index contributed by atoms with van der Waals surface area (Å²) in [5.74, 6) is 0.120. The molecular weight excluding hydrogens is 336 g/mol. The fourth-order valence-corrected chi connectivity index (χ4v) is 4.14. The normalized spacial score (nSPS) is 27.6. The Kier molecular flexibility index (Phi) is 5.70. The lowest BCUT2D eigenvalue weighted by Crippen LogP contribution is -2.49. The van der Waals surface area contributed by atoms with E-state index in [1.165, 1.54) is 0 Å². The van der Waals surface area contributed by atoms with Crippen molar-refractivity contribution >= 4 is 17.8 Å². The van der Waals surface area contributed by atoms with Gasteiger partial charge in [-0.3, -0.25) is 9.59 Å². The molecule has 3 aliphatic rings. The molecule has 1 spiro atoms. The van der Waals surface area contributed by atoms with Crippen LogP contribution in [0.25, 0.3) is 0 Å². The summed E-state index contributed by atoms with van der Waals surface area (Å²) in [5.41, 5.74) is -0.400. The lowest BCUT2D eigenvalue weighted by Gasteiger charge is -2.34. The van der Waals surface area contributed by atoms with E-state index in [0.717, 1.165) is 12.8 Å². The Morgan fingerprint density at radius 2 is 1.85 bits per heavy atom. The second kappa shape index (κ2) is 7.82. The molecule has 3 fully saturated rings. The number of nitrogens with one attached hydrogen (secondary N) is 2. The third-order valence-corrected chi connectivity index (χ3v) is 5.47. The zero-order chi connectivity index (χ0) is 18.7. The second-order valence-corrected chi connectivity index (χ2v) is 8.13. The van der Waals surface area contributed by atoms with E-state index in [1.807, 2.05) is 18.7 Å². The van der Waals surface area contributed by atoms with Crippen LogP contribution in [0.2, 0.25) is 0 Å². The number of hydrogen-bond donors (Lipinski definition) is 2. The third-order valence-electron chi connectivity index (χ3n) is 5.47. The Morgan fingerprint density at radius 1 is 1.19 bits per heavy atom. The fraction of sp³-hybridized carbons (Fsp3) is 0.833. The van der Waals surface area contributed by atoms with Crippen molar-refractivity contribution in [2.75, 3.05) is 45.9 Å². The lowest BCUT2D eigenvalue weighted by atomic mass is 9.85. The number of ether oxygens (including phenoxy) is 1. The molecule has 0 bridgehead atoms. The van der Waals surface area contributed by atoms with Gasteiger partial charge in [0, 0.05) is 69.7 Å². The van der Waals surface area contributed by atoms with Crippen LogP contribution in [-0.2, 0) is 14.3 Å². The van der Waals surface area contributed by atoms with Crippen LogP contribution in [-0.4, -0.2) is 79.6 Å². The topological polar surface area (TPSA) is 91.0 Å². The molecule has 3 rings (SSSR count). The Balaban J connectivity index is 1.75. The molecule has 0 aromatic carbocycles. The van der Waals surface area contributed by atoms with Crippen molar-refractivity contribution in [2.24, 2.45) is 11.3 Å². The highest BCUT2D eigenvalue weighted by Crippen LogP contribution is 2.32. The maximum absolute atomic E-state index is 13.0. The highest BCUT2D eigenvalue weighted by Gasteiger charge is 2.45. The number of urea groups is 1. The summed E-state index contributed by atoms with van der Waals surface area (Å²) in [6.07, 6.45) is 1.85. The lowest BCUT2D eigenvalue weighted by molar-refractivity contribution is -0.139. The van der Waals surface area contributed by atoms with Crippen LogP contribution in [0.5, 0.6) is 0 Å². The van der Waals surface area contributed by atoms with E-state index >= 15 is 0 Å². The van der Waals surface area contributed by atoms with E-state index in [4.69, 9.17) is 4.74 Å². The van der Waals surface area contributed by atoms with Gasteiger partial charge in [0.1, 0.15) is 0 Å². The van der Waals surface area contributed by atoms with Gasteiger partial charge >= 0.3 is 6.03 Å². The number of hydrogen-bond acceptors (Lipinski definition) is 4. The van der Waals surface area contributed by atoms with Crippen LogP contribution in [0, 0.1) is 11.3 Å². The Hall–Kier alpha value is -1.83. The van der Waals surface area contributed by atoms with E-state index in [0.29, 0.717) is 52.4 Å². The standard InChI is InChI=1S/C18H30N4O4/c1-13(2)20-17(25)22-6-5-21(16(24)14-3-7-26-8-4-14)11-18(12-22)9-15(23)19-10-18/h13-14H,3-12H2,1-2H3,(H,19,23)(H,20,25)/t18-/m0/s1. The number of carbonyl (C=O) groups excluding carboxylic acids is 3. The van der Waals surface area contributed by atoms with Crippen molar-refractivity contribution in [3.8, 4) is 0 Å². The van der Waals surface area contributed by atoms with E-state index in [9.17, 15) is 14.4 Å². The van der Waals surface area contributed by atoms with E-state index in [1.54, 1.807) is 4.90 Å². The smallest absolute Gasteiger partial charge is 0.317 e. The van der Waals surface area contributed by atoms with Gasteiger partial charge in [-0.1, -0.05) is 0 Å². The van der Waals surface area contributed by atoms with Gasteiger partial charge in [-0.25, -0.2) is 4.79 Å². The molecule has 3 heterocycles. The molecule has 2 N–H and O–H groups in total. The number of nitrogens with zero attached hydrogens (tertiary/aromatic N) is 2. The Labute approximate surface area is 154 Å². The van der Waals surface area contributed by atoms with Crippen molar-refractivity contribution in [1.29, 1.82) is 0 Å². The molecule has 0 aliphatic carbocycles. The van der Waals surface area contributed by atoms with Crippen LogP contribution in [0.1, 0.15) is 33.1 Å². The highest BCUT2D eigenvalue weighted by atomic mass is 16.5. The van der Waals surface area contributed by atoms with Crippen LogP contribution in [0.3, 0.4) is 0 Å². The maximum Gasteiger partial charge on any atom is 0.317 e. The van der Waals surface area contributed by atoms with Gasteiger partial charge in [-0.15, -0.1) is 0 Å². The summed E-state index contributed by atoms with van der Waals surface area (Å²) in [5, 5.41) is 5.82. The van der Waals surface area contributed by atoms with Crippen LogP contribution in [0.15, 0.2) is 0 Å². The molecule has 1 atom stereocenters. The number of carbonyl (C=O) groups is 3. The second-order valence-electron chi connectivity index (χ2n) is 8.13. The first-order valence-corrected chi connectivity index (χ1v) is 9.57. The molecule has 3 aliphatic heterocycles. The summed E-state index contributed by atoms with van der Waals surface area (Å²) in [4.78, 5) is 41.1. The average molecular weight is 366 g/mol. The largest absolute Gasteiger partial charge is 0.381 e. The van der Waals surface area contributed by atoms with Crippen molar-refractivity contribution in [2.45, 2.75) is 39.2 Å². The minimum Gasteiger partial charge on any atom is -0.381 e. The number of rotatable bonds is 2. The first-order chi connectivity index (χ1) is 12.4. The zero-order valence-corrected chi connectivity index (χ0v) is 15.8. The van der Waals surface area contributed by atoms with Crippen molar-refractivity contribution < 1.29 is 19.1 Å². The van der Waals surface area contributed by atoms with Crippen LogP contribution >= 0.6 is 0 Å². The van der Waals surface area contributed by atoms with Gasteiger partial charge in [0.15, 0.2) is 0 Å². The molecule has 0 saturated carbocycles. The minimum atomic E-state index is -0.400. The Bertz CT molecular complexity index is 561. The minimum absolute atomic E-state index is 0.00502. The summed E-state index contributed by atoms with van der Waals surface area (Å²) in [7, 11) is 0. The van der Waals surface area contributed by atoms with Gasteiger partial charge in [0.25, 0.3) is 0 Å². The third kappa shape index (κ3) is 4.28. The number of amides is 4. The van der Waals surface area contributed by atoms with Crippen LogP contribution in [0.4, 0.5) is 4.79 Å². The summed E-state index contributed by atoms with van der Waals surface area (Å²) >= 11 is 0. The van der Waals surface area contributed by atoms with Crippen molar-refractivity contribution in [1.82, 2.24) is 20.4 Å². The van der Waals surface area contributed by atoms with Gasteiger partial charge in [-0.05, 0) is 26.7 Å². The monoisotopic (exact) mass is 366 g/mol. The molecule has 4 amide bonds. The molecule has 0 radical (unpaired) electrons. The Morgan fingerprint density at radius 3 is 2.46 bits per heavy atom. The fourth-order valence-electron chi connectivity index (χ4n) is 4.14. The van der Waals surface area contributed by atoms with Gasteiger partial charge in [0.05, 0.1) is 0 Å². The summed E-state index contributed by atoms with van der Waals surface area (Å²) < 4.78 is 5.37. The maximum atomic E-state index is 13.0. The van der Waals surface area contributed by atoms with Gasteiger partial charge in [0.2, 0.25) is 11.8 Å². The first kappa shape index (κ1) is 18.9. The molecule has 26 heavy (non-hydrogen) atoms. The van der Waals surface area contributed by atoms with Crippen molar-refractivity contribution in [3.05, 3.63) is 0 Å². The predicted molar refractivity (Wildman–Crippen MR) is 95.4 cm³/mol. The summed E-state index contributed by atoms with van der Waals surface area (Å²) in [6, 6.07) is -0.0795. The first-order valence-electron chi connectivity index (χ1n) is 9.57. The summed E-state index contributed by atoms with van der Waals surface area (Å²) in [6.45, 7) is 7.61. The molecule has 0 aromatic rings. The quantitative estimate of drug-likeness (QED) is 0.729. The van der Waals surface area contributed by atoms with Crippen LogP contribution < -0.4 is 10.6 Å². The molecule has 0 unspecified atom stereocenters. The van der Waals surface area contributed by atoms with E-state index in [-0.39, 0.29) is 29.8 Å². The molecule has 8 heteroatoms. The zero-order valence-electron chi connectivity index (χ0n) is 15.8. The predicted octanol–water partition coefficient (Wildman–Crippen LogP) is 0.182.